The Morgan fingerprint density at radius 2 is 1.95 bits per heavy atom. The number of carbonyl (C=O) groups excluding carboxylic acids is 1. The summed E-state index contributed by atoms with van der Waals surface area (Å²) in [5.41, 5.74) is 0.976. The number of aliphatic carboxylic acids is 1. The molecule has 4 nitrogen and oxygen atoms in total. The van der Waals surface area contributed by atoms with E-state index >= 15 is 0 Å². The fraction of sp³-hybridized carbons (Fsp3) is 0.467. The van der Waals surface area contributed by atoms with Gasteiger partial charge in [0.1, 0.15) is 0 Å². The number of carboxylic acids is 1. The third-order valence-electron chi connectivity index (χ3n) is 3.16. The number of amides is 1. The molecule has 0 fully saturated rings. The van der Waals surface area contributed by atoms with Crippen LogP contribution in [0.4, 0.5) is 0 Å². The lowest BCUT2D eigenvalue weighted by Crippen LogP contribution is -2.45. The molecule has 0 radical (unpaired) electrons. The van der Waals surface area contributed by atoms with E-state index < -0.39 is 12.0 Å². The number of aryl methyl sites for hydroxylation is 1. The fourth-order valence-corrected chi connectivity index (χ4v) is 1.90. The number of benzene rings is 1. The van der Waals surface area contributed by atoms with Gasteiger partial charge in [-0.1, -0.05) is 38.4 Å². The third kappa shape index (κ3) is 4.53. The largest absolute Gasteiger partial charge is 0.481 e. The number of rotatable bonds is 4. The average Bonchev–Trinajstić information content (AvgIpc) is 2.30. The molecule has 1 rings (SSSR count). The molecule has 0 saturated heterocycles. The van der Waals surface area contributed by atoms with Crippen LogP contribution >= 0.6 is 11.6 Å². The Kier molecular flexibility index (Phi) is 5.17. The maximum atomic E-state index is 12.2. The van der Waals surface area contributed by atoms with Crippen molar-refractivity contribution in [1.29, 1.82) is 0 Å². The number of hydrogen-bond acceptors (Lipinski definition) is 2. The number of nitrogens with one attached hydrogen (secondary N) is 1. The summed E-state index contributed by atoms with van der Waals surface area (Å²) in [7, 11) is 0. The van der Waals surface area contributed by atoms with Crippen LogP contribution in [0.5, 0.6) is 0 Å². The van der Waals surface area contributed by atoms with E-state index in [1.807, 2.05) is 27.7 Å². The third-order valence-corrected chi connectivity index (χ3v) is 3.57. The molecule has 1 atom stereocenters. The second kappa shape index (κ2) is 6.27. The molecule has 20 heavy (non-hydrogen) atoms. The van der Waals surface area contributed by atoms with Gasteiger partial charge in [-0.05, 0) is 30.0 Å². The molecule has 1 aromatic carbocycles. The first kappa shape index (κ1) is 16.5. The van der Waals surface area contributed by atoms with Crippen molar-refractivity contribution in [3.05, 3.63) is 34.3 Å². The Bertz CT molecular complexity index is 520. The van der Waals surface area contributed by atoms with Crippen molar-refractivity contribution >= 4 is 23.5 Å². The van der Waals surface area contributed by atoms with Gasteiger partial charge in [0, 0.05) is 16.6 Å². The van der Waals surface area contributed by atoms with Crippen molar-refractivity contribution in [2.75, 3.05) is 0 Å². The summed E-state index contributed by atoms with van der Waals surface area (Å²) in [6.45, 7) is 7.53. The van der Waals surface area contributed by atoms with Crippen LogP contribution in [0.15, 0.2) is 18.2 Å². The van der Waals surface area contributed by atoms with Crippen LogP contribution in [0.3, 0.4) is 0 Å². The highest BCUT2D eigenvalue weighted by molar-refractivity contribution is 6.31. The molecule has 1 aromatic rings. The molecule has 1 amide bonds. The summed E-state index contributed by atoms with van der Waals surface area (Å²) in [5, 5.41) is 12.2. The molecule has 0 bridgehead atoms. The standard InChI is InChI=1S/C15H20ClNO3/c1-9-5-6-10(7-11(9)16)14(20)17-12(8-13(18)19)15(2,3)4/h5-7,12H,8H2,1-4H3,(H,17,20)(H,18,19). The van der Waals surface area contributed by atoms with Gasteiger partial charge in [-0.2, -0.15) is 0 Å². The second-order valence-corrected chi connectivity index (χ2v) is 6.36. The topological polar surface area (TPSA) is 66.4 Å². The van der Waals surface area contributed by atoms with E-state index in [9.17, 15) is 9.59 Å². The van der Waals surface area contributed by atoms with E-state index in [4.69, 9.17) is 16.7 Å². The van der Waals surface area contributed by atoms with Crippen molar-refractivity contribution in [2.45, 2.75) is 40.2 Å². The van der Waals surface area contributed by atoms with Gasteiger partial charge >= 0.3 is 5.97 Å². The number of halogens is 1. The van der Waals surface area contributed by atoms with Gasteiger partial charge in [-0.3, -0.25) is 9.59 Å². The Balaban J connectivity index is 2.90. The molecule has 0 saturated carbocycles. The van der Waals surface area contributed by atoms with Gasteiger partial charge in [-0.15, -0.1) is 0 Å². The van der Waals surface area contributed by atoms with Crippen LogP contribution in [-0.2, 0) is 4.79 Å². The first-order valence-electron chi connectivity index (χ1n) is 6.40. The molecule has 2 N–H and O–H groups in total. The van der Waals surface area contributed by atoms with E-state index in [2.05, 4.69) is 5.32 Å². The molecule has 110 valence electrons. The molecule has 0 aromatic heterocycles. The number of carbonyl (C=O) groups is 2. The molecule has 0 aliphatic rings. The van der Waals surface area contributed by atoms with Gasteiger partial charge in [0.15, 0.2) is 0 Å². The summed E-state index contributed by atoms with van der Waals surface area (Å²) >= 11 is 5.99. The van der Waals surface area contributed by atoms with Crippen LogP contribution in [0, 0.1) is 12.3 Å². The SMILES string of the molecule is Cc1ccc(C(=O)NC(CC(=O)O)C(C)(C)C)cc1Cl. The fourth-order valence-electron chi connectivity index (χ4n) is 1.72. The monoisotopic (exact) mass is 297 g/mol. The zero-order valence-corrected chi connectivity index (χ0v) is 12.9. The van der Waals surface area contributed by atoms with Crippen LogP contribution in [0.1, 0.15) is 43.1 Å². The zero-order chi connectivity index (χ0) is 15.5. The summed E-state index contributed by atoms with van der Waals surface area (Å²) in [5.74, 6) is -1.25. The molecule has 0 spiro atoms. The van der Waals surface area contributed by atoms with E-state index in [0.717, 1.165) is 5.56 Å². The maximum absolute atomic E-state index is 12.2. The van der Waals surface area contributed by atoms with Crippen molar-refractivity contribution in [1.82, 2.24) is 5.32 Å². The lowest BCUT2D eigenvalue weighted by Gasteiger charge is -2.30. The quantitative estimate of drug-likeness (QED) is 0.896. The molecule has 0 heterocycles. The highest BCUT2D eigenvalue weighted by Crippen LogP contribution is 2.23. The molecule has 0 aliphatic carbocycles. The molecule has 0 aliphatic heterocycles. The van der Waals surface area contributed by atoms with E-state index in [1.165, 1.54) is 0 Å². The minimum Gasteiger partial charge on any atom is -0.481 e. The van der Waals surface area contributed by atoms with E-state index in [0.29, 0.717) is 10.6 Å². The Morgan fingerprint density at radius 3 is 2.40 bits per heavy atom. The van der Waals surface area contributed by atoms with Gasteiger partial charge in [0.05, 0.1) is 6.42 Å². The number of carboxylic acid groups (broad SMARTS) is 1. The van der Waals surface area contributed by atoms with E-state index in [-0.39, 0.29) is 17.7 Å². The first-order chi connectivity index (χ1) is 9.11. The van der Waals surface area contributed by atoms with Crippen molar-refractivity contribution in [3.63, 3.8) is 0 Å². The molecular weight excluding hydrogens is 278 g/mol. The van der Waals surface area contributed by atoms with Crippen LogP contribution in [0.25, 0.3) is 0 Å². The Hall–Kier alpha value is -1.55. The van der Waals surface area contributed by atoms with Gasteiger partial charge in [0.25, 0.3) is 5.91 Å². The maximum Gasteiger partial charge on any atom is 0.305 e. The average molecular weight is 298 g/mol. The molecular formula is C15H20ClNO3. The lowest BCUT2D eigenvalue weighted by atomic mass is 9.84. The predicted octanol–water partition coefficient (Wildman–Crippen LogP) is 3.27. The number of hydrogen-bond donors (Lipinski definition) is 2. The summed E-state index contributed by atoms with van der Waals surface area (Å²) in [6.07, 6.45) is -0.116. The Morgan fingerprint density at radius 1 is 1.35 bits per heavy atom. The van der Waals surface area contributed by atoms with Crippen LogP contribution in [-0.4, -0.2) is 23.0 Å². The molecule has 5 heteroatoms. The zero-order valence-electron chi connectivity index (χ0n) is 12.2. The first-order valence-corrected chi connectivity index (χ1v) is 6.78. The minimum absolute atomic E-state index is 0.116. The van der Waals surface area contributed by atoms with Gasteiger partial charge in [-0.25, -0.2) is 0 Å². The molecule has 1 unspecified atom stereocenters. The summed E-state index contributed by atoms with van der Waals surface area (Å²) < 4.78 is 0. The van der Waals surface area contributed by atoms with Gasteiger partial charge < -0.3 is 10.4 Å². The highest BCUT2D eigenvalue weighted by atomic mass is 35.5. The van der Waals surface area contributed by atoms with Crippen molar-refractivity contribution in [3.8, 4) is 0 Å². The summed E-state index contributed by atoms with van der Waals surface area (Å²) in [4.78, 5) is 23.1. The predicted molar refractivity (Wildman–Crippen MR) is 79.2 cm³/mol. The van der Waals surface area contributed by atoms with Crippen LogP contribution < -0.4 is 5.32 Å². The minimum atomic E-state index is -0.938. The lowest BCUT2D eigenvalue weighted by molar-refractivity contribution is -0.138. The normalized spacial score (nSPS) is 12.8. The van der Waals surface area contributed by atoms with Crippen molar-refractivity contribution in [2.24, 2.45) is 5.41 Å². The second-order valence-electron chi connectivity index (χ2n) is 5.95. The van der Waals surface area contributed by atoms with Crippen molar-refractivity contribution < 1.29 is 14.7 Å². The van der Waals surface area contributed by atoms with E-state index in [1.54, 1.807) is 18.2 Å². The summed E-state index contributed by atoms with van der Waals surface area (Å²) in [6, 6.07) is 4.58. The van der Waals surface area contributed by atoms with Crippen LogP contribution in [0.2, 0.25) is 5.02 Å². The smallest absolute Gasteiger partial charge is 0.305 e. The van der Waals surface area contributed by atoms with Gasteiger partial charge in [0.2, 0.25) is 0 Å². The Labute approximate surface area is 124 Å². The highest BCUT2D eigenvalue weighted by Gasteiger charge is 2.28.